The van der Waals surface area contributed by atoms with Crippen LogP contribution in [0.15, 0.2) is 30.3 Å². The van der Waals surface area contributed by atoms with Gasteiger partial charge < -0.3 is 31.3 Å². The second kappa shape index (κ2) is 9.49. The molecule has 0 radical (unpaired) electrons. The van der Waals surface area contributed by atoms with Crippen LogP contribution in [0, 0.1) is 0 Å². The highest BCUT2D eigenvalue weighted by Gasteiger charge is 2.36. The summed E-state index contributed by atoms with van der Waals surface area (Å²) >= 11 is 0. The SMILES string of the molecule is O=C(NCCO)c1cc(NCCO)c2c(c1NCCO)C(=O)c1ccccc1C2=O. The summed E-state index contributed by atoms with van der Waals surface area (Å²) in [6, 6.07) is 7.86. The number of carbonyl (C=O) groups is 3. The lowest BCUT2D eigenvalue weighted by molar-refractivity contribution is 0.0943. The van der Waals surface area contributed by atoms with Crippen LogP contribution in [0.25, 0.3) is 0 Å². The first-order chi connectivity index (χ1) is 14.5. The average molecular weight is 413 g/mol. The van der Waals surface area contributed by atoms with Gasteiger partial charge in [0, 0.05) is 36.4 Å². The lowest BCUT2D eigenvalue weighted by Crippen LogP contribution is -2.31. The molecule has 1 aliphatic rings. The molecule has 9 nitrogen and oxygen atoms in total. The minimum Gasteiger partial charge on any atom is -0.395 e. The van der Waals surface area contributed by atoms with Crippen LogP contribution in [0.2, 0.25) is 0 Å². The van der Waals surface area contributed by atoms with Crippen LogP contribution in [-0.2, 0) is 0 Å². The summed E-state index contributed by atoms with van der Waals surface area (Å²) in [6.07, 6.45) is 0. The highest BCUT2D eigenvalue weighted by atomic mass is 16.3. The normalized spacial score (nSPS) is 12.2. The summed E-state index contributed by atoms with van der Waals surface area (Å²) in [5.74, 6) is -1.36. The van der Waals surface area contributed by atoms with E-state index in [9.17, 15) is 24.6 Å². The number of nitrogens with one attached hydrogen (secondary N) is 3. The number of hydrogen-bond donors (Lipinski definition) is 6. The highest BCUT2D eigenvalue weighted by molar-refractivity contribution is 6.33. The molecule has 0 aromatic heterocycles. The van der Waals surface area contributed by atoms with E-state index in [1.165, 1.54) is 6.07 Å². The Hall–Kier alpha value is -3.27. The molecule has 0 fully saturated rings. The third-order valence-electron chi connectivity index (χ3n) is 4.68. The van der Waals surface area contributed by atoms with E-state index >= 15 is 0 Å². The number of carbonyl (C=O) groups excluding carboxylic acids is 3. The lowest BCUT2D eigenvalue weighted by Gasteiger charge is -2.26. The first-order valence-electron chi connectivity index (χ1n) is 9.53. The molecule has 2 aromatic carbocycles. The van der Waals surface area contributed by atoms with E-state index in [1.807, 2.05) is 0 Å². The van der Waals surface area contributed by atoms with Gasteiger partial charge in [-0.15, -0.1) is 0 Å². The lowest BCUT2D eigenvalue weighted by atomic mass is 9.81. The molecular formula is C21H23N3O6. The minimum absolute atomic E-state index is 0.00443. The largest absolute Gasteiger partial charge is 0.395 e. The van der Waals surface area contributed by atoms with Crippen LogP contribution < -0.4 is 16.0 Å². The molecule has 0 atom stereocenters. The van der Waals surface area contributed by atoms with Crippen LogP contribution in [0.4, 0.5) is 11.4 Å². The topological polar surface area (TPSA) is 148 Å². The Bertz CT molecular complexity index is 989. The van der Waals surface area contributed by atoms with Crippen LogP contribution >= 0.6 is 0 Å². The van der Waals surface area contributed by atoms with Gasteiger partial charge in [0.15, 0.2) is 11.6 Å². The van der Waals surface area contributed by atoms with Crippen LogP contribution in [-0.4, -0.2) is 72.2 Å². The molecule has 158 valence electrons. The molecule has 0 heterocycles. The molecule has 9 heteroatoms. The third-order valence-corrected chi connectivity index (χ3v) is 4.68. The Balaban J connectivity index is 2.27. The Morgan fingerprint density at radius 2 is 1.37 bits per heavy atom. The van der Waals surface area contributed by atoms with Crippen molar-refractivity contribution in [2.75, 3.05) is 50.1 Å². The summed E-state index contributed by atoms with van der Waals surface area (Å²) in [5.41, 5.74) is 1.08. The number of hydrogen-bond acceptors (Lipinski definition) is 8. The van der Waals surface area contributed by atoms with Crippen LogP contribution in [0.1, 0.15) is 42.2 Å². The van der Waals surface area contributed by atoms with E-state index in [-0.39, 0.29) is 84.4 Å². The zero-order chi connectivity index (χ0) is 21.7. The van der Waals surface area contributed by atoms with Crippen molar-refractivity contribution < 1.29 is 29.7 Å². The fraction of sp³-hybridized carbons (Fsp3) is 0.286. The van der Waals surface area contributed by atoms with E-state index in [2.05, 4.69) is 16.0 Å². The Morgan fingerprint density at radius 1 is 0.800 bits per heavy atom. The molecule has 2 aromatic rings. The van der Waals surface area contributed by atoms with Crippen molar-refractivity contribution in [1.82, 2.24) is 5.32 Å². The van der Waals surface area contributed by atoms with E-state index in [0.29, 0.717) is 0 Å². The second-order valence-corrected chi connectivity index (χ2v) is 6.58. The zero-order valence-corrected chi connectivity index (χ0v) is 16.2. The molecule has 0 saturated carbocycles. The number of fused-ring (bicyclic) bond motifs is 2. The first-order valence-corrected chi connectivity index (χ1v) is 9.53. The summed E-state index contributed by atoms with van der Waals surface area (Å²) in [4.78, 5) is 39.3. The van der Waals surface area contributed by atoms with Crippen molar-refractivity contribution in [1.29, 1.82) is 0 Å². The minimum atomic E-state index is -0.557. The number of ketones is 2. The molecule has 0 bridgehead atoms. The molecule has 3 rings (SSSR count). The van der Waals surface area contributed by atoms with E-state index in [0.717, 1.165) is 0 Å². The quantitative estimate of drug-likeness (QED) is 0.287. The van der Waals surface area contributed by atoms with Gasteiger partial charge in [-0.25, -0.2) is 0 Å². The Kier molecular flexibility index (Phi) is 6.78. The fourth-order valence-electron chi connectivity index (χ4n) is 3.43. The molecular weight excluding hydrogens is 390 g/mol. The van der Waals surface area contributed by atoms with E-state index in [4.69, 9.17) is 5.11 Å². The number of aliphatic hydroxyl groups is 3. The average Bonchev–Trinajstić information content (AvgIpc) is 2.77. The second-order valence-electron chi connectivity index (χ2n) is 6.58. The van der Waals surface area contributed by atoms with Gasteiger partial charge in [0.05, 0.1) is 42.2 Å². The summed E-state index contributed by atoms with van der Waals surface area (Å²) in [5, 5.41) is 35.8. The van der Waals surface area contributed by atoms with Gasteiger partial charge in [0.2, 0.25) is 0 Å². The maximum atomic E-state index is 13.3. The van der Waals surface area contributed by atoms with Gasteiger partial charge in [-0.3, -0.25) is 14.4 Å². The van der Waals surface area contributed by atoms with Crippen molar-refractivity contribution in [3.8, 4) is 0 Å². The van der Waals surface area contributed by atoms with Gasteiger partial charge in [-0.1, -0.05) is 24.3 Å². The van der Waals surface area contributed by atoms with Gasteiger partial charge in [0.1, 0.15) is 0 Å². The Morgan fingerprint density at radius 3 is 1.97 bits per heavy atom. The van der Waals surface area contributed by atoms with Crippen LogP contribution in [0.3, 0.4) is 0 Å². The van der Waals surface area contributed by atoms with Crippen molar-refractivity contribution >= 4 is 28.8 Å². The molecule has 1 aliphatic carbocycles. The predicted octanol–water partition coefficient (Wildman–Crippen LogP) is -0.00750. The van der Waals surface area contributed by atoms with Crippen molar-refractivity contribution in [3.63, 3.8) is 0 Å². The molecule has 0 aliphatic heterocycles. The molecule has 1 amide bonds. The number of amides is 1. The summed E-state index contributed by atoms with van der Waals surface area (Å²) in [6.45, 7) is -0.573. The molecule has 0 spiro atoms. The standard InChI is InChI=1S/C21H23N3O6/c25-8-5-22-15-11-14(21(30)24-7-10-27)18(23-6-9-26)17-16(15)19(28)12-3-1-2-4-13(12)20(17)29/h1-4,11,22-23,25-27H,5-10H2,(H,24,30). The maximum absolute atomic E-state index is 13.3. The summed E-state index contributed by atoms with van der Waals surface area (Å²) in [7, 11) is 0. The smallest absolute Gasteiger partial charge is 0.253 e. The molecule has 0 saturated heterocycles. The monoisotopic (exact) mass is 413 g/mol. The van der Waals surface area contributed by atoms with Crippen molar-refractivity contribution in [3.05, 3.63) is 58.1 Å². The zero-order valence-electron chi connectivity index (χ0n) is 16.2. The Labute approximate surface area is 172 Å². The number of rotatable bonds is 9. The fourth-order valence-corrected chi connectivity index (χ4v) is 3.43. The molecule has 30 heavy (non-hydrogen) atoms. The van der Waals surface area contributed by atoms with E-state index < -0.39 is 11.7 Å². The van der Waals surface area contributed by atoms with Gasteiger partial charge >= 0.3 is 0 Å². The van der Waals surface area contributed by atoms with Gasteiger partial charge in [-0.2, -0.15) is 0 Å². The maximum Gasteiger partial charge on any atom is 0.253 e. The summed E-state index contributed by atoms with van der Waals surface area (Å²) < 4.78 is 0. The highest BCUT2D eigenvalue weighted by Crippen LogP contribution is 2.38. The van der Waals surface area contributed by atoms with Crippen molar-refractivity contribution in [2.45, 2.75) is 0 Å². The molecule has 0 unspecified atom stereocenters. The number of benzene rings is 2. The van der Waals surface area contributed by atoms with Crippen LogP contribution in [0.5, 0.6) is 0 Å². The predicted molar refractivity (Wildman–Crippen MR) is 110 cm³/mol. The number of anilines is 2. The van der Waals surface area contributed by atoms with Crippen molar-refractivity contribution in [2.24, 2.45) is 0 Å². The van der Waals surface area contributed by atoms with Gasteiger partial charge in [0.25, 0.3) is 5.91 Å². The molecule has 6 N–H and O–H groups in total. The van der Waals surface area contributed by atoms with E-state index in [1.54, 1.807) is 24.3 Å². The first kappa shape index (κ1) is 21.4. The van der Waals surface area contributed by atoms with Gasteiger partial charge in [-0.05, 0) is 6.07 Å². The third kappa shape index (κ3) is 3.90. The number of aliphatic hydroxyl groups excluding tert-OH is 3.